The second kappa shape index (κ2) is 4.96. The number of hydrogen-bond donors (Lipinski definition) is 1. The third-order valence-electron chi connectivity index (χ3n) is 1.88. The maximum Gasteiger partial charge on any atom is 0.313 e. The lowest BCUT2D eigenvalue weighted by molar-refractivity contribution is 0.0985. The van der Waals surface area contributed by atoms with Gasteiger partial charge in [0.2, 0.25) is 0 Å². The third kappa shape index (κ3) is 2.82. The molecule has 88 valence electrons. The number of carbonyl (C=O) groups excluding carboxylic acids is 1. The minimum Gasteiger partial charge on any atom is -0.407 e. The van der Waals surface area contributed by atoms with E-state index in [1.54, 1.807) is 6.26 Å². The van der Waals surface area contributed by atoms with Crippen molar-refractivity contribution in [1.82, 2.24) is 10.2 Å². The molecule has 7 heteroatoms. The van der Waals surface area contributed by atoms with Crippen LogP contribution in [0, 0.1) is 5.82 Å². The van der Waals surface area contributed by atoms with Gasteiger partial charge in [-0.25, -0.2) is 4.39 Å². The molecule has 0 aliphatic heterocycles. The van der Waals surface area contributed by atoms with Crippen LogP contribution in [0.25, 0.3) is 0 Å². The van der Waals surface area contributed by atoms with Crippen LogP contribution in [-0.2, 0) is 0 Å². The molecule has 0 aliphatic rings. The zero-order chi connectivity index (χ0) is 12.3. The van der Waals surface area contributed by atoms with Crippen LogP contribution in [0.2, 0.25) is 0 Å². The van der Waals surface area contributed by atoms with Crippen molar-refractivity contribution in [3.63, 3.8) is 0 Å². The fourth-order valence-electron chi connectivity index (χ4n) is 1.10. The SMILES string of the molecule is CSc1nnc(C(=O)Nc2ccc(F)cc2)o1. The number of anilines is 1. The molecule has 0 atom stereocenters. The largest absolute Gasteiger partial charge is 0.407 e. The van der Waals surface area contributed by atoms with Crippen LogP contribution in [0.4, 0.5) is 10.1 Å². The number of benzene rings is 1. The van der Waals surface area contributed by atoms with Crippen LogP contribution in [0.1, 0.15) is 10.7 Å². The third-order valence-corrected chi connectivity index (χ3v) is 2.39. The second-order valence-corrected chi connectivity index (χ2v) is 3.80. The van der Waals surface area contributed by atoms with E-state index in [2.05, 4.69) is 15.5 Å². The first kappa shape index (κ1) is 11.6. The standard InChI is InChI=1S/C10H8FN3O2S/c1-17-10-14-13-9(16-10)8(15)12-7-4-2-6(11)3-5-7/h2-5H,1H3,(H,12,15). The average Bonchev–Trinajstić information content (AvgIpc) is 2.81. The first-order chi connectivity index (χ1) is 8.19. The van der Waals surface area contributed by atoms with Crippen molar-refractivity contribution in [1.29, 1.82) is 0 Å². The van der Waals surface area contributed by atoms with Crippen LogP contribution in [0.15, 0.2) is 33.9 Å². The molecule has 17 heavy (non-hydrogen) atoms. The van der Waals surface area contributed by atoms with E-state index in [9.17, 15) is 9.18 Å². The molecular formula is C10H8FN3O2S. The Morgan fingerprint density at radius 3 is 2.65 bits per heavy atom. The molecule has 1 aromatic heterocycles. The van der Waals surface area contributed by atoms with E-state index in [0.717, 1.165) is 0 Å². The predicted molar refractivity (Wildman–Crippen MR) is 60.4 cm³/mol. The molecule has 0 spiro atoms. The molecule has 0 saturated carbocycles. The molecule has 1 heterocycles. The summed E-state index contributed by atoms with van der Waals surface area (Å²) < 4.78 is 17.7. The summed E-state index contributed by atoms with van der Waals surface area (Å²) in [6, 6.07) is 5.38. The minimum atomic E-state index is -0.524. The first-order valence-corrected chi connectivity index (χ1v) is 5.86. The van der Waals surface area contributed by atoms with Crippen molar-refractivity contribution in [3.05, 3.63) is 36.0 Å². The summed E-state index contributed by atoms with van der Waals surface area (Å²) in [5.41, 5.74) is 0.459. The highest BCUT2D eigenvalue weighted by Crippen LogP contribution is 2.14. The summed E-state index contributed by atoms with van der Waals surface area (Å²) in [4.78, 5) is 11.6. The van der Waals surface area contributed by atoms with Gasteiger partial charge < -0.3 is 9.73 Å². The number of rotatable bonds is 3. The Labute approximate surface area is 100 Å². The Bertz CT molecular complexity index is 527. The molecule has 0 bridgehead atoms. The van der Waals surface area contributed by atoms with E-state index < -0.39 is 5.91 Å². The van der Waals surface area contributed by atoms with Crippen LogP contribution in [0.3, 0.4) is 0 Å². The number of carbonyl (C=O) groups is 1. The molecular weight excluding hydrogens is 245 g/mol. The highest BCUT2D eigenvalue weighted by molar-refractivity contribution is 7.98. The van der Waals surface area contributed by atoms with Gasteiger partial charge in [0, 0.05) is 5.69 Å². The molecule has 5 nitrogen and oxygen atoms in total. The smallest absolute Gasteiger partial charge is 0.313 e. The molecule has 0 saturated heterocycles. The summed E-state index contributed by atoms with van der Waals surface area (Å²) in [5, 5.41) is 10.0. The molecule has 2 aromatic rings. The maximum absolute atomic E-state index is 12.6. The topological polar surface area (TPSA) is 68.0 Å². The van der Waals surface area contributed by atoms with Crippen molar-refractivity contribution < 1.29 is 13.6 Å². The van der Waals surface area contributed by atoms with Gasteiger partial charge in [0.05, 0.1) is 0 Å². The number of nitrogens with one attached hydrogen (secondary N) is 1. The monoisotopic (exact) mass is 253 g/mol. The average molecular weight is 253 g/mol. The van der Waals surface area contributed by atoms with Crippen molar-refractivity contribution in [2.24, 2.45) is 0 Å². The maximum atomic E-state index is 12.6. The van der Waals surface area contributed by atoms with Crippen LogP contribution in [-0.4, -0.2) is 22.4 Å². The number of nitrogens with zero attached hydrogens (tertiary/aromatic N) is 2. The molecule has 0 fully saturated rings. The zero-order valence-corrected chi connectivity index (χ0v) is 9.62. The van der Waals surface area contributed by atoms with Crippen molar-refractivity contribution in [3.8, 4) is 0 Å². The fraction of sp³-hybridized carbons (Fsp3) is 0.100. The Morgan fingerprint density at radius 2 is 2.06 bits per heavy atom. The van der Waals surface area contributed by atoms with Crippen molar-refractivity contribution in [2.75, 3.05) is 11.6 Å². The molecule has 1 aromatic carbocycles. The molecule has 0 unspecified atom stereocenters. The van der Waals surface area contributed by atoms with Crippen molar-refractivity contribution >= 4 is 23.4 Å². The summed E-state index contributed by atoms with van der Waals surface area (Å²) in [6.07, 6.45) is 1.76. The van der Waals surface area contributed by atoms with E-state index in [1.165, 1.54) is 36.0 Å². The minimum absolute atomic E-state index is 0.126. The van der Waals surface area contributed by atoms with E-state index in [0.29, 0.717) is 10.9 Å². The van der Waals surface area contributed by atoms with Gasteiger partial charge in [-0.05, 0) is 30.5 Å². The van der Waals surface area contributed by atoms with Gasteiger partial charge in [-0.1, -0.05) is 11.8 Å². The normalized spacial score (nSPS) is 10.2. The van der Waals surface area contributed by atoms with Gasteiger partial charge in [0.15, 0.2) is 0 Å². The second-order valence-electron chi connectivity index (χ2n) is 3.04. The van der Waals surface area contributed by atoms with Gasteiger partial charge in [0.1, 0.15) is 5.82 Å². The Hall–Kier alpha value is -1.89. The number of thioether (sulfide) groups is 1. The van der Waals surface area contributed by atoms with Crippen molar-refractivity contribution in [2.45, 2.75) is 5.22 Å². The Morgan fingerprint density at radius 1 is 1.35 bits per heavy atom. The van der Waals surface area contributed by atoms with Gasteiger partial charge >= 0.3 is 11.8 Å². The molecule has 1 amide bonds. The van der Waals surface area contributed by atoms with Gasteiger partial charge in [-0.3, -0.25) is 4.79 Å². The molecule has 1 N–H and O–H groups in total. The van der Waals surface area contributed by atoms with E-state index in [1.807, 2.05) is 0 Å². The molecule has 2 rings (SSSR count). The lowest BCUT2D eigenvalue weighted by Crippen LogP contribution is -2.12. The molecule has 0 aliphatic carbocycles. The number of amides is 1. The lowest BCUT2D eigenvalue weighted by Gasteiger charge is -2.00. The van der Waals surface area contributed by atoms with Gasteiger partial charge in [0.25, 0.3) is 5.22 Å². The Balaban J connectivity index is 2.08. The summed E-state index contributed by atoms with van der Waals surface area (Å²) in [5.74, 6) is -1.02. The summed E-state index contributed by atoms with van der Waals surface area (Å²) in [6.45, 7) is 0. The number of aromatic nitrogens is 2. The predicted octanol–water partition coefficient (Wildman–Crippen LogP) is 2.18. The first-order valence-electron chi connectivity index (χ1n) is 4.63. The molecule has 0 radical (unpaired) electrons. The summed E-state index contributed by atoms with van der Waals surface area (Å²) in [7, 11) is 0. The van der Waals surface area contributed by atoms with Gasteiger partial charge in [-0.15, -0.1) is 10.2 Å². The summed E-state index contributed by atoms with van der Waals surface area (Å²) >= 11 is 1.25. The Kier molecular flexibility index (Phi) is 3.38. The number of halogens is 1. The fourth-order valence-corrected chi connectivity index (χ4v) is 1.39. The van der Waals surface area contributed by atoms with Gasteiger partial charge in [-0.2, -0.15) is 0 Å². The van der Waals surface area contributed by atoms with E-state index >= 15 is 0 Å². The highest BCUT2D eigenvalue weighted by atomic mass is 32.2. The number of hydrogen-bond acceptors (Lipinski definition) is 5. The highest BCUT2D eigenvalue weighted by Gasteiger charge is 2.14. The van der Waals surface area contributed by atoms with Crippen LogP contribution < -0.4 is 5.32 Å². The van der Waals surface area contributed by atoms with Crippen LogP contribution >= 0.6 is 11.8 Å². The van der Waals surface area contributed by atoms with E-state index in [4.69, 9.17) is 4.42 Å². The van der Waals surface area contributed by atoms with Crippen LogP contribution in [0.5, 0.6) is 0 Å². The quantitative estimate of drug-likeness (QED) is 0.849. The lowest BCUT2D eigenvalue weighted by atomic mass is 10.3. The van der Waals surface area contributed by atoms with E-state index in [-0.39, 0.29) is 11.7 Å². The zero-order valence-electron chi connectivity index (χ0n) is 8.81.